The van der Waals surface area contributed by atoms with E-state index >= 15 is 0 Å². The molecule has 1 aliphatic rings. The quantitative estimate of drug-likeness (QED) is 0.771. The van der Waals surface area contributed by atoms with Gasteiger partial charge in [0.1, 0.15) is 16.0 Å². The fourth-order valence-electron chi connectivity index (χ4n) is 2.77. The van der Waals surface area contributed by atoms with Crippen molar-refractivity contribution in [1.29, 1.82) is 0 Å². The summed E-state index contributed by atoms with van der Waals surface area (Å²) in [5.74, 6) is 1.22. The van der Waals surface area contributed by atoms with E-state index in [4.69, 9.17) is 4.74 Å². The van der Waals surface area contributed by atoms with Crippen LogP contribution in [0.4, 0.5) is 4.79 Å². The number of imidazole rings is 1. The third-order valence-corrected chi connectivity index (χ3v) is 4.32. The zero-order valence-corrected chi connectivity index (χ0v) is 14.6. The van der Waals surface area contributed by atoms with Crippen molar-refractivity contribution in [3.63, 3.8) is 0 Å². The van der Waals surface area contributed by atoms with Gasteiger partial charge < -0.3 is 14.0 Å². The van der Waals surface area contributed by atoms with E-state index in [1.807, 2.05) is 45.2 Å². The van der Waals surface area contributed by atoms with E-state index in [1.54, 1.807) is 4.90 Å². The van der Waals surface area contributed by atoms with Crippen molar-refractivity contribution in [2.75, 3.05) is 13.1 Å². The first kappa shape index (κ1) is 15.3. The zero-order chi connectivity index (χ0) is 15.9. The molecule has 0 aromatic carbocycles. The van der Waals surface area contributed by atoms with Gasteiger partial charge in [0.05, 0.1) is 5.52 Å². The molecule has 0 unspecified atom stereocenters. The van der Waals surface area contributed by atoms with Crippen LogP contribution in [0.3, 0.4) is 0 Å². The Bertz CT molecular complexity index is 705. The van der Waals surface area contributed by atoms with Gasteiger partial charge >= 0.3 is 6.09 Å². The normalized spacial score (nSPS) is 18.9. The molecule has 0 saturated carbocycles. The van der Waals surface area contributed by atoms with Crippen molar-refractivity contribution in [3.05, 3.63) is 34.8 Å². The number of aromatic nitrogens is 2. The first-order valence-electron chi connectivity index (χ1n) is 7.45. The lowest BCUT2D eigenvalue weighted by Gasteiger charge is -2.24. The molecule has 0 spiro atoms. The summed E-state index contributed by atoms with van der Waals surface area (Å²) in [6.45, 7) is 7.02. The number of ether oxygens (including phenoxy) is 1. The van der Waals surface area contributed by atoms with Gasteiger partial charge in [-0.3, -0.25) is 0 Å². The van der Waals surface area contributed by atoms with Crippen LogP contribution in [-0.2, 0) is 4.74 Å². The Morgan fingerprint density at radius 1 is 1.41 bits per heavy atom. The highest BCUT2D eigenvalue weighted by Crippen LogP contribution is 2.30. The molecule has 0 bridgehead atoms. The van der Waals surface area contributed by atoms with Gasteiger partial charge in [-0.05, 0) is 55.3 Å². The Hall–Kier alpha value is -1.56. The highest BCUT2D eigenvalue weighted by molar-refractivity contribution is 9.10. The third-order valence-electron chi connectivity index (χ3n) is 3.74. The average Bonchev–Trinajstić information content (AvgIpc) is 3.03. The zero-order valence-electron chi connectivity index (χ0n) is 13.0. The molecule has 118 valence electrons. The molecule has 1 fully saturated rings. The smallest absolute Gasteiger partial charge is 0.410 e. The SMILES string of the molecule is CC(C)(C)OC(=O)N1CC[C@@H](c2nc(Br)c3ccccn23)C1. The molecule has 2 aromatic heterocycles. The van der Waals surface area contributed by atoms with Gasteiger partial charge in [-0.25, -0.2) is 9.78 Å². The Balaban J connectivity index is 1.79. The van der Waals surface area contributed by atoms with Crippen molar-refractivity contribution < 1.29 is 9.53 Å². The summed E-state index contributed by atoms with van der Waals surface area (Å²) in [6, 6.07) is 6.01. The molecule has 22 heavy (non-hydrogen) atoms. The van der Waals surface area contributed by atoms with E-state index < -0.39 is 5.60 Å². The monoisotopic (exact) mass is 365 g/mol. The van der Waals surface area contributed by atoms with Gasteiger partial charge in [0.25, 0.3) is 0 Å². The number of halogens is 1. The first-order valence-corrected chi connectivity index (χ1v) is 8.25. The second kappa shape index (κ2) is 5.57. The van der Waals surface area contributed by atoms with Crippen LogP contribution in [0.15, 0.2) is 29.0 Å². The third kappa shape index (κ3) is 2.97. The Morgan fingerprint density at radius 2 is 2.18 bits per heavy atom. The molecular weight excluding hydrogens is 346 g/mol. The lowest BCUT2D eigenvalue weighted by atomic mass is 10.1. The summed E-state index contributed by atoms with van der Waals surface area (Å²) in [5.41, 5.74) is 0.589. The summed E-state index contributed by atoms with van der Waals surface area (Å²) in [6.07, 6.45) is 2.67. The number of amides is 1. The van der Waals surface area contributed by atoms with Crippen molar-refractivity contribution in [3.8, 4) is 0 Å². The van der Waals surface area contributed by atoms with Crippen LogP contribution < -0.4 is 0 Å². The van der Waals surface area contributed by atoms with Crippen molar-refractivity contribution in [2.24, 2.45) is 0 Å². The van der Waals surface area contributed by atoms with Crippen molar-refractivity contribution in [1.82, 2.24) is 14.3 Å². The van der Waals surface area contributed by atoms with Crippen LogP contribution in [0, 0.1) is 0 Å². The summed E-state index contributed by atoms with van der Waals surface area (Å²) in [5, 5.41) is 0. The van der Waals surface area contributed by atoms with Gasteiger partial charge in [-0.1, -0.05) is 6.07 Å². The van der Waals surface area contributed by atoms with Gasteiger partial charge in [-0.15, -0.1) is 0 Å². The van der Waals surface area contributed by atoms with Gasteiger partial charge in [0.15, 0.2) is 0 Å². The maximum atomic E-state index is 12.2. The van der Waals surface area contributed by atoms with Crippen LogP contribution in [0.1, 0.15) is 38.9 Å². The molecule has 1 amide bonds. The number of pyridine rings is 1. The molecule has 1 aliphatic heterocycles. The largest absolute Gasteiger partial charge is 0.444 e. The van der Waals surface area contributed by atoms with Crippen LogP contribution in [0.5, 0.6) is 0 Å². The molecule has 0 radical (unpaired) electrons. The highest BCUT2D eigenvalue weighted by Gasteiger charge is 2.32. The van der Waals surface area contributed by atoms with E-state index in [-0.39, 0.29) is 12.0 Å². The van der Waals surface area contributed by atoms with Crippen molar-refractivity contribution >= 4 is 27.5 Å². The Morgan fingerprint density at radius 3 is 2.91 bits per heavy atom. The number of hydrogen-bond acceptors (Lipinski definition) is 3. The minimum atomic E-state index is -0.460. The number of rotatable bonds is 1. The van der Waals surface area contributed by atoms with E-state index in [1.165, 1.54) is 0 Å². The van der Waals surface area contributed by atoms with Crippen LogP contribution in [0.25, 0.3) is 5.52 Å². The fourth-order valence-corrected chi connectivity index (χ4v) is 3.28. The number of likely N-dealkylation sites (tertiary alicyclic amines) is 1. The lowest BCUT2D eigenvalue weighted by molar-refractivity contribution is 0.0292. The molecule has 0 aliphatic carbocycles. The maximum Gasteiger partial charge on any atom is 0.410 e. The van der Waals surface area contributed by atoms with Crippen LogP contribution in [-0.4, -0.2) is 39.1 Å². The molecule has 0 N–H and O–H groups in total. The second-order valence-electron chi connectivity index (χ2n) is 6.63. The first-order chi connectivity index (χ1) is 10.3. The maximum absolute atomic E-state index is 12.2. The predicted molar refractivity (Wildman–Crippen MR) is 88.1 cm³/mol. The number of hydrogen-bond donors (Lipinski definition) is 0. The lowest BCUT2D eigenvalue weighted by Crippen LogP contribution is -2.35. The summed E-state index contributed by atoms with van der Waals surface area (Å²) in [7, 11) is 0. The van der Waals surface area contributed by atoms with Gasteiger partial charge in [0.2, 0.25) is 0 Å². The molecule has 1 saturated heterocycles. The van der Waals surface area contributed by atoms with E-state index in [0.29, 0.717) is 13.1 Å². The molecule has 2 aromatic rings. The number of carbonyl (C=O) groups is 1. The Labute approximate surface area is 138 Å². The molecule has 3 rings (SSSR count). The summed E-state index contributed by atoms with van der Waals surface area (Å²) >= 11 is 3.51. The number of nitrogens with zero attached hydrogens (tertiary/aromatic N) is 3. The minimum Gasteiger partial charge on any atom is -0.444 e. The predicted octanol–water partition coefficient (Wildman–Crippen LogP) is 3.82. The van der Waals surface area contributed by atoms with Crippen LogP contribution >= 0.6 is 15.9 Å². The molecule has 6 heteroatoms. The topological polar surface area (TPSA) is 46.8 Å². The average molecular weight is 366 g/mol. The van der Waals surface area contributed by atoms with E-state index in [0.717, 1.165) is 22.4 Å². The molecule has 1 atom stereocenters. The van der Waals surface area contributed by atoms with Crippen molar-refractivity contribution in [2.45, 2.75) is 38.7 Å². The molecular formula is C16H20BrN3O2. The highest BCUT2D eigenvalue weighted by atomic mass is 79.9. The van der Waals surface area contributed by atoms with Gasteiger partial charge in [-0.2, -0.15) is 0 Å². The van der Waals surface area contributed by atoms with Crippen LogP contribution in [0.2, 0.25) is 0 Å². The molecule has 5 nitrogen and oxygen atoms in total. The number of fused-ring (bicyclic) bond motifs is 1. The van der Waals surface area contributed by atoms with E-state index in [2.05, 4.69) is 25.3 Å². The second-order valence-corrected chi connectivity index (χ2v) is 7.38. The summed E-state index contributed by atoms with van der Waals surface area (Å²) < 4.78 is 8.39. The minimum absolute atomic E-state index is 0.230. The van der Waals surface area contributed by atoms with Gasteiger partial charge in [0, 0.05) is 25.2 Å². The molecule has 3 heterocycles. The number of carbonyl (C=O) groups excluding carboxylic acids is 1. The standard InChI is InChI=1S/C16H20BrN3O2/c1-16(2,3)22-15(21)19-9-7-11(10-19)14-18-13(17)12-6-4-5-8-20(12)14/h4-6,8,11H,7,9-10H2,1-3H3/t11-/m1/s1. The Kier molecular flexibility index (Phi) is 3.89. The fraction of sp³-hybridized carbons (Fsp3) is 0.500. The van der Waals surface area contributed by atoms with E-state index in [9.17, 15) is 4.79 Å². The summed E-state index contributed by atoms with van der Waals surface area (Å²) in [4.78, 5) is 18.6.